The summed E-state index contributed by atoms with van der Waals surface area (Å²) in [5, 5.41) is 8.61. The first-order valence-corrected chi connectivity index (χ1v) is 4.76. The van der Waals surface area contributed by atoms with Crippen molar-refractivity contribution in [3.63, 3.8) is 0 Å². The van der Waals surface area contributed by atoms with E-state index >= 15 is 0 Å². The van der Waals surface area contributed by atoms with E-state index in [0.29, 0.717) is 12.5 Å². The van der Waals surface area contributed by atoms with Gasteiger partial charge in [-0.05, 0) is 29.7 Å². The molecule has 0 bridgehead atoms. The van der Waals surface area contributed by atoms with Crippen molar-refractivity contribution in [2.75, 3.05) is 6.61 Å². The predicted octanol–water partition coefficient (Wildman–Crippen LogP) is 2.61. The van der Waals surface area contributed by atoms with Gasteiger partial charge in [0.05, 0.1) is 0 Å². The molecule has 0 aromatic carbocycles. The maximum Gasteiger partial charge on any atom is 0.0431 e. The van der Waals surface area contributed by atoms with E-state index in [0.717, 1.165) is 19.3 Å². The third kappa shape index (κ3) is 3.21. The summed E-state index contributed by atoms with van der Waals surface area (Å²) < 4.78 is 1.27. The minimum atomic E-state index is 0.311. The molecule has 1 atom stereocenters. The van der Waals surface area contributed by atoms with Crippen molar-refractivity contribution in [3.05, 3.63) is 22.7 Å². The van der Waals surface area contributed by atoms with Crippen LogP contribution in [0.15, 0.2) is 22.7 Å². The molecule has 0 saturated carbocycles. The molecule has 62 valence electrons. The SMILES string of the molecule is OCCCC1C=CC=C(Br)C1. The molecule has 0 amide bonds. The smallest absolute Gasteiger partial charge is 0.0431 e. The van der Waals surface area contributed by atoms with Crippen molar-refractivity contribution in [3.8, 4) is 0 Å². The van der Waals surface area contributed by atoms with Gasteiger partial charge in [-0.15, -0.1) is 0 Å². The Bertz CT molecular complexity index is 172. The summed E-state index contributed by atoms with van der Waals surface area (Å²) in [6.45, 7) is 0.311. The summed E-state index contributed by atoms with van der Waals surface area (Å²) in [5.41, 5.74) is 0. The van der Waals surface area contributed by atoms with Gasteiger partial charge in [0, 0.05) is 6.61 Å². The molecule has 1 aliphatic rings. The van der Waals surface area contributed by atoms with E-state index < -0.39 is 0 Å². The molecule has 0 saturated heterocycles. The van der Waals surface area contributed by atoms with Crippen molar-refractivity contribution in [2.45, 2.75) is 19.3 Å². The Hall–Kier alpha value is -0.0800. The predicted molar refractivity (Wildman–Crippen MR) is 50.6 cm³/mol. The Morgan fingerprint density at radius 2 is 2.45 bits per heavy atom. The first-order chi connectivity index (χ1) is 5.33. The highest BCUT2D eigenvalue weighted by molar-refractivity contribution is 9.11. The van der Waals surface area contributed by atoms with E-state index in [2.05, 4.69) is 34.2 Å². The third-order valence-corrected chi connectivity index (χ3v) is 2.44. The van der Waals surface area contributed by atoms with Crippen LogP contribution in [0.3, 0.4) is 0 Å². The Morgan fingerprint density at radius 1 is 1.64 bits per heavy atom. The van der Waals surface area contributed by atoms with Crippen LogP contribution < -0.4 is 0 Å². The van der Waals surface area contributed by atoms with Gasteiger partial charge in [-0.2, -0.15) is 0 Å². The zero-order valence-corrected chi connectivity index (χ0v) is 8.05. The largest absolute Gasteiger partial charge is 0.396 e. The summed E-state index contributed by atoms with van der Waals surface area (Å²) in [7, 11) is 0. The fraction of sp³-hybridized carbons (Fsp3) is 0.556. The second kappa shape index (κ2) is 4.73. The van der Waals surface area contributed by atoms with Crippen molar-refractivity contribution in [1.29, 1.82) is 0 Å². The van der Waals surface area contributed by atoms with Gasteiger partial charge in [-0.25, -0.2) is 0 Å². The van der Waals surface area contributed by atoms with Crippen molar-refractivity contribution in [1.82, 2.24) is 0 Å². The van der Waals surface area contributed by atoms with Gasteiger partial charge in [-0.1, -0.05) is 34.2 Å². The van der Waals surface area contributed by atoms with Crippen LogP contribution in [0.4, 0.5) is 0 Å². The molecule has 0 heterocycles. The molecule has 1 N–H and O–H groups in total. The molecule has 2 heteroatoms. The van der Waals surface area contributed by atoms with Gasteiger partial charge in [0.2, 0.25) is 0 Å². The Balaban J connectivity index is 2.28. The molecule has 1 aliphatic carbocycles. The molecule has 1 nitrogen and oxygen atoms in total. The lowest BCUT2D eigenvalue weighted by Gasteiger charge is -2.13. The van der Waals surface area contributed by atoms with Crippen LogP contribution in [0.25, 0.3) is 0 Å². The number of halogens is 1. The number of rotatable bonds is 3. The molecule has 0 radical (unpaired) electrons. The van der Waals surface area contributed by atoms with E-state index in [1.165, 1.54) is 4.48 Å². The van der Waals surface area contributed by atoms with Crippen LogP contribution in [-0.2, 0) is 0 Å². The lowest BCUT2D eigenvalue weighted by atomic mass is 9.96. The van der Waals surface area contributed by atoms with Crippen molar-refractivity contribution < 1.29 is 5.11 Å². The zero-order chi connectivity index (χ0) is 8.10. The number of allylic oxidation sites excluding steroid dienone is 4. The van der Waals surface area contributed by atoms with Gasteiger partial charge in [0.15, 0.2) is 0 Å². The Kier molecular flexibility index (Phi) is 3.87. The highest BCUT2D eigenvalue weighted by Gasteiger charge is 2.08. The van der Waals surface area contributed by atoms with Gasteiger partial charge < -0.3 is 5.11 Å². The third-order valence-electron chi connectivity index (χ3n) is 1.85. The molecule has 0 fully saturated rings. The lowest BCUT2D eigenvalue weighted by Crippen LogP contribution is -2.00. The van der Waals surface area contributed by atoms with Crippen molar-refractivity contribution >= 4 is 15.9 Å². The summed E-state index contributed by atoms with van der Waals surface area (Å²) in [6, 6.07) is 0. The van der Waals surface area contributed by atoms with E-state index in [4.69, 9.17) is 5.11 Å². The molecule has 0 spiro atoms. The average Bonchev–Trinajstić information content (AvgIpc) is 2.01. The van der Waals surface area contributed by atoms with E-state index in [1.54, 1.807) is 0 Å². The summed E-state index contributed by atoms with van der Waals surface area (Å²) in [4.78, 5) is 0. The first-order valence-electron chi connectivity index (χ1n) is 3.96. The Morgan fingerprint density at radius 3 is 3.09 bits per heavy atom. The second-order valence-corrected chi connectivity index (χ2v) is 3.85. The monoisotopic (exact) mass is 216 g/mol. The van der Waals surface area contributed by atoms with Gasteiger partial charge in [0.25, 0.3) is 0 Å². The summed E-state index contributed by atoms with van der Waals surface area (Å²) in [6.07, 6.45) is 9.47. The van der Waals surface area contributed by atoms with Crippen LogP contribution in [0.5, 0.6) is 0 Å². The molecule has 0 aromatic rings. The number of aliphatic hydroxyl groups is 1. The van der Waals surface area contributed by atoms with Crippen LogP contribution >= 0.6 is 15.9 Å². The van der Waals surface area contributed by atoms with Gasteiger partial charge in [0.1, 0.15) is 0 Å². The average molecular weight is 217 g/mol. The maximum absolute atomic E-state index is 8.61. The molecular weight excluding hydrogens is 204 g/mol. The van der Waals surface area contributed by atoms with Gasteiger partial charge >= 0.3 is 0 Å². The van der Waals surface area contributed by atoms with E-state index in [9.17, 15) is 0 Å². The van der Waals surface area contributed by atoms with Crippen molar-refractivity contribution in [2.24, 2.45) is 5.92 Å². The van der Waals surface area contributed by atoms with E-state index in [-0.39, 0.29) is 0 Å². The zero-order valence-electron chi connectivity index (χ0n) is 6.46. The molecule has 0 aromatic heterocycles. The van der Waals surface area contributed by atoms with Crippen LogP contribution in [0.1, 0.15) is 19.3 Å². The summed E-state index contributed by atoms with van der Waals surface area (Å²) >= 11 is 3.47. The van der Waals surface area contributed by atoms with E-state index in [1.807, 2.05) is 0 Å². The number of aliphatic hydroxyl groups excluding tert-OH is 1. The van der Waals surface area contributed by atoms with Gasteiger partial charge in [-0.3, -0.25) is 0 Å². The fourth-order valence-electron chi connectivity index (χ4n) is 1.26. The number of hydrogen-bond donors (Lipinski definition) is 1. The topological polar surface area (TPSA) is 20.2 Å². The highest BCUT2D eigenvalue weighted by atomic mass is 79.9. The Labute approximate surface area is 75.9 Å². The lowest BCUT2D eigenvalue weighted by molar-refractivity contribution is 0.277. The number of hydrogen-bond acceptors (Lipinski definition) is 1. The molecule has 1 rings (SSSR count). The van der Waals surface area contributed by atoms with Crippen LogP contribution in [0.2, 0.25) is 0 Å². The first kappa shape index (κ1) is 9.01. The maximum atomic E-state index is 8.61. The van der Waals surface area contributed by atoms with Crippen LogP contribution in [0, 0.1) is 5.92 Å². The minimum absolute atomic E-state index is 0.311. The molecule has 0 aliphatic heterocycles. The molecule has 1 unspecified atom stereocenters. The molecular formula is C9H13BrO. The standard InChI is InChI=1S/C9H13BrO/c10-9-5-1-3-8(7-9)4-2-6-11/h1,3,5,8,11H,2,4,6-7H2. The minimum Gasteiger partial charge on any atom is -0.396 e. The summed E-state index contributed by atoms with van der Waals surface area (Å²) in [5.74, 6) is 0.626. The fourth-order valence-corrected chi connectivity index (χ4v) is 1.82. The van der Waals surface area contributed by atoms with Crippen LogP contribution in [-0.4, -0.2) is 11.7 Å². The molecule has 11 heavy (non-hydrogen) atoms. The highest BCUT2D eigenvalue weighted by Crippen LogP contribution is 2.25. The normalized spacial score (nSPS) is 23.5. The second-order valence-electron chi connectivity index (χ2n) is 2.83. The quantitative estimate of drug-likeness (QED) is 0.770.